The Morgan fingerprint density at radius 3 is 2.74 bits per heavy atom. The number of benzene rings is 1. The quantitative estimate of drug-likeness (QED) is 0.829. The second-order valence-electron chi connectivity index (χ2n) is 7.27. The van der Waals surface area contributed by atoms with Gasteiger partial charge in [-0.3, -0.25) is 9.59 Å². The van der Waals surface area contributed by atoms with E-state index in [1.807, 2.05) is 61.2 Å². The molecule has 0 bridgehead atoms. The predicted molar refractivity (Wildman–Crippen MR) is 105 cm³/mol. The number of amides is 1. The molecular formula is C22H28N2O3. The Kier molecular flexibility index (Phi) is 5.99. The van der Waals surface area contributed by atoms with E-state index in [0.29, 0.717) is 18.7 Å². The van der Waals surface area contributed by atoms with Crippen molar-refractivity contribution >= 4 is 11.9 Å². The maximum Gasteiger partial charge on any atom is 0.311 e. The van der Waals surface area contributed by atoms with Gasteiger partial charge >= 0.3 is 5.97 Å². The van der Waals surface area contributed by atoms with Crippen LogP contribution in [0.2, 0.25) is 0 Å². The minimum Gasteiger partial charge on any atom is -0.466 e. The van der Waals surface area contributed by atoms with Gasteiger partial charge in [-0.05, 0) is 50.8 Å². The van der Waals surface area contributed by atoms with Crippen LogP contribution in [0.25, 0.3) is 0 Å². The molecule has 1 aromatic rings. The van der Waals surface area contributed by atoms with E-state index >= 15 is 0 Å². The van der Waals surface area contributed by atoms with E-state index in [-0.39, 0.29) is 29.8 Å². The zero-order chi connectivity index (χ0) is 19.4. The molecule has 5 heteroatoms. The molecule has 1 aliphatic heterocycles. The van der Waals surface area contributed by atoms with Gasteiger partial charge in [0.1, 0.15) is 0 Å². The predicted octanol–water partition coefficient (Wildman–Crippen LogP) is 3.20. The Morgan fingerprint density at radius 1 is 1.30 bits per heavy atom. The number of nitrogens with zero attached hydrogens (tertiary/aromatic N) is 1. The lowest BCUT2D eigenvalue weighted by Crippen LogP contribution is -2.54. The van der Waals surface area contributed by atoms with Crippen LogP contribution in [0.5, 0.6) is 0 Å². The van der Waals surface area contributed by atoms with Crippen LogP contribution in [0.3, 0.4) is 0 Å². The van der Waals surface area contributed by atoms with Gasteiger partial charge < -0.3 is 15.4 Å². The number of likely N-dealkylation sites (tertiary alicyclic amines) is 1. The molecule has 2 N–H and O–H groups in total. The van der Waals surface area contributed by atoms with E-state index < -0.39 is 0 Å². The Balaban J connectivity index is 1.94. The second kappa shape index (κ2) is 8.42. The highest BCUT2D eigenvalue weighted by Gasteiger charge is 2.43. The maximum atomic E-state index is 13.4. The molecule has 144 valence electrons. The average Bonchev–Trinajstić information content (AvgIpc) is 2.68. The number of esters is 1. The van der Waals surface area contributed by atoms with Gasteiger partial charge in [-0.2, -0.15) is 0 Å². The molecule has 0 saturated carbocycles. The molecule has 0 spiro atoms. The molecule has 1 aliphatic carbocycles. The number of allylic oxidation sites excluding steroid dienone is 2. The first-order valence-electron chi connectivity index (χ1n) is 9.70. The highest BCUT2D eigenvalue weighted by molar-refractivity contribution is 5.96. The van der Waals surface area contributed by atoms with Crippen LogP contribution >= 0.6 is 0 Å². The van der Waals surface area contributed by atoms with Crippen LogP contribution in [0.1, 0.15) is 42.1 Å². The summed E-state index contributed by atoms with van der Waals surface area (Å²) in [4.78, 5) is 27.9. The van der Waals surface area contributed by atoms with Crippen molar-refractivity contribution in [3.8, 4) is 0 Å². The summed E-state index contributed by atoms with van der Waals surface area (Å²) < 4.78 is 5.34. The van der Waals surface area contributed by atoms with Crippen LogP contribution in [-0.2, 0) is 9.53 Å². The number of hydrogen-bond acceptors (Lipinski definition) is 4. The summed E-state index contributed by atoms with van der Waals surface area (Å²) in [6, 6.07) is 7.39. The van der Waals surface area contributed by atoms with Gasteiger partial charge in [0.15, 0.2) is 0 Å². The summed E-state index contributed by atoms with van der Waals surface area (Å²) >= 11 is 0. The number of nitrogens with two attached hydrogens (primary N) is 1. The zero-order valence-electron chi connectivity index (χ0n) is 16.1. The van der Waals surface area contributed by atoms with Gasteiger partial charge in [0.05, 0.1) is 18.6 Å². The van der Waals surface area contributed by atoms with Gasteiger partial charge in [-0.25, -0.2) is 0 Å². The normalized spacial score (nSPS) is 25.0. The molecule has 1 heterocycles. The number of carbonyl (C=O) groups excluding carboxylic acids is 2. The topological polar surface area (TPSA) is 72.6 Å². The smallest absolute Gasteiger partial charge is 0.311 e. The Labute approximate surface area is 160 Å². The Hall–Kier alpha value is -2.56. The minimum atomic E-state index is -0.311. The number of hydrogen-bond donors (Lipinski definition) is 1. The first-order chi connectivity index (χ1) is 13.0. The van der Waals surface area contributed by atoms with Crippen LogP contribution in [0, 0.1) is 18.8 Å². The third-order valence-electron chi connectivity index (χ3n) is 5.51. The van der Waals surface area contributed by atoms with Crippen molar-refractivity contribution in [1.82, 2.24) is 4.90 Å². The SMILES string of the molecule is CCOC(=O)[C@H]1CCCN(C(=O)c2ccccc2C)C1[C@@H]1C=CC(N)=CC1. The van der Waals surface area contributed by atoms with Gasteiger partial charge in [-0.1, -0.05) is 30.4 Å². The molecule has 5 nitrogen and oxygen atoms in total. The highest BCUT2D eigenvalue weighted by atomic mass is 16.5. The van der Waals surface area contributed by atoms with E-state index in [4.69, 9.17) is 10.5 Å². The first kappa shape index (κ1) is 19.2. The largest absolute Gasteiger partial charge is 0.466 e. The number of ether oxygens (including phenoxy) is 1. The lowest BCUT2D eigenvalue weighted by atomic mass is 9.78. The molecule has 3 rings (SSSR count). The zero-order valence-corrected chi connectivity index (χ0v) is 16.1. The lowest BCUT2D eigenvalue weighted by molar-refractivity contribution is -0.152. The molecule has 1 saturated heterocycles. The first-order valence-corrected chi connectivity index (χ1v) is 9.70. The van der Waals surface area contributed by atoms with Gasteiger partial charge in [0, 0.05) is 23.7 Å². The average molecular weight is 368 g/mol. The molecule has 0 radical (unpaired) electrons. The van der Waals surface area contributed by atoms with Gasteiger partial charge in [0.2, 0.25) is 0 Å². The molecule has 2 aliphatic rings. The van der Waals surface area contributed by atoms with Gasteiger partial charge in [0.25, 0.3) is 5.91 Å². The lowest BCUT2D eigenvalue weighted by Gasteiger charge is -2.44. The van der Waals surface area contributed by atoms with Gasteiger partial charge in [-0.15, -0.1) is 0 Å². The molecule has 1 fully saturated rings. The van der Waals surface area contributed by atoms with Crippen molar-refractivity contribution in [3.05, 3.63) is 59.3 Å². The van der Waals surface area contributed by atoms with Crippen LogP contribution in [-0.4, -0.2) is 36.0 Å². The summed E-state index contributed by atoms with van der Waals surface area (Å²) in [6.07, 6.45) is 8.14. The number of carbonyl (C=O) groups is 2. The molecule has 1 amide bonds. The number of aryl methyl sites for hydroxylation is 1. The van der Waals surface area contributed by atoms with E-state index in [0.717, 1.165) is 30.5 Å². The molecule has 1 unspecified atom stereocenters. The molecular weight excluding hydrogens is 340 g/mol. The van der Waals surface area contributed by atoms with Crippen LogP contribution in [0.4, 0.5) is 0 Å². The van der Waals surface area contributed by atoms with Crippen molar-refractivity contribution in [2.24, 2.45) is 17.6 Å². The van der Waals surface area contributed by atoms with E-state index in [2.05, 4.69) is 0 Å². The third-order valence-corrected chi connectivity index (χ3v) is 5.51. The summed E-state index contributed by atoms with van der Waals surface area (Å²) in [5.74, 6) is -0.474. The van der Waals surface area contributed by atoms with Crippen LogP contribution in [0.15, 0.2) is 48.2 Å². The Morgan fingerprint density at radius 2 is 2.07 bits per heavy atom. The van der Waals surface area contributed by atoms with Crippen molar-refractivity contribution in [3.63, 3.8) is 0 Å². The summed E-state index contributed by atoms with van der Waals surface area (Å²) in [7, 11) is 0. The molecule has 3 atom stereocenters. The third kappa shape index (κ3) is 4.07. The Bertz CT molecular complexity index is 769. The summed E-state index contributed by atoms with van der Waals surface area (Å²) in [5, 5.41) is 0. The van der Waals surface area contributed by atoms with E-state index in [1.165, 1.54) is 0 Å². The van der Waals surface area contributed by atoms with Crippen molar-refractivity contribution in [2.75, 3.05) is 13.2 Å². The van der Waals surface area contributed by atoms with Crippen LogP contribution < -0.4 is 5.73 Å². The van der Waals surface area contributed by atoms with Crippen molar-refractivity contribution in [1.29, 1.82) is 0 Å². The molecule has 27 heavy (non-hydrogen) atoms. The fraction of sp³-hybridized carbons (Fsp3) is 0.455. The molecule has 0 aromatic heterocycles. The fourth-order valence-corrected chi connectivity index (χ4v) is 4.17. The van der Waals surface area contributed by atoms with E-state index in [9.17, 15) is 9.59 Å². The number of rotatable bonds is 4. The summed E-state index contributed by atoms with van der Waals surface area (Å²) in [6.45, 7) is 4.76. The number of piperidine rings is 1. The monoisotopic (exact) mass is 368 g/mol. The van der Waals surface area contributed by atoms with Crippen molar-refractivity contribution in [2.45, 2.75) is 39.2 Å². The van der Waals surface area contributed by atoms with E-state index in [1.54, 1.807) is 0 Å². The standard InChI is InChI=1S/C22H28N2O3/c1-3-27-22(26)19-9-6-14-24(20(19)16-10-12-17(23)13-11-16)21(25)18-8-5-4-7-15(18)2/h4-5,7-8,10,12-13,16,19-20H,3,6,9,11,14,23H2,1-2H3/t16-,19+,20?/m1/s1. The van der Waals surface area contributed by atoms with Crippen molar-refractivity contribution < 1.29 is 14.3 Å². The maximum absolute atomic E-state index is 13.4. The fourth-order valence-electron chi connectivity index (χ4n) is 4.17. The highest BCUT2D eigenvalue weighted by Crippen LogP contribution is 2.35. The molecule has 1 aromatic carbocycles. The summed E-state index contributed by atoms with van der Waals surface area (Å²) in [5.41, 5.74) is 8.25. The second-order valence-corrected chi connectivity index (χ2v) is 7.27. The minimum absolute atomic E-state index is 0.0111.